The largest absolute Gasteiger partial charge is 0.365 e. The number of nitrogens with one attached hydrogen (secondary N) is 2. The number of nitrogens with zero attached hydrogens (tertiary/aromatic N) is 7. The number of piperidine rings is 1. The van der Waals surface area contributed by atoms with Crippen LogP contribution in [0.4, 0.5) is 11.8 Å². The molecule has 11 nitrogen and oxygen atoms in total. The molecule has 0 unspecified atom stereocenters. The highest BCUT2D eigenvalue weighted by Crippen LogP contribution is 2.25. The number of fused-ring (bicyclic) bond motifs is 1. The topological polar surface area (TPSA) is 112 Å². The van der Waals surface area contributed by atoms with E-state index in [4.69, 9.17) is 15.0 Å². The number of anilines is 2. The number of rotatable bonds is 12. The number of imidazole rings is 1. The first-order chi connectivity index (χ1) is 20.1. The maximum absolute atomic E-state index is 12.1. The number of benzene rings is 1. The van der Waals surface area contributed by atoms with E-state index in [1.807, 2.05) is 20.7 Å². The molecule has 2 N–H and O–H groups in total. The molecule has 5 heterocycles. The molecule has 0 bridgehead atoms. The third-order valence-electron chi connectivity index (χ3n) is 8.48. The minimum Gasteiger partial charge on any atom is -0.365 e. The average molecular weight is 560 g/mol. The molecule has 0 saturated carbocycles. The highest BCUT2D eigenvalue weighted by Gasteiger charge is 2.24. The highest BCUT2D eigenvalue weighted by atomic mass is 16.2. The molecule has 0 aliphatic carbocycles. The van der Waals surface area contributed by atoms with Crippen LogP contribution in [0.1, 0.15) is 50.5 Å². The summed E-state index contributed by atoms with van der Waals surface area (Å²) in [5, 5.41) is 7.09. The van der Waals surface area contributed by atoms with Gasteiger partial charge in [-0.1, -0.05) is 30.3 Å². The quantitative estimate of drug-likeness (QED) is 0.326. The van der Waals surface area contributed by atoms with Gasteiger partial charge in [-0.05, 0) is 37.7 Å². The lowest BCUT2D eigenvalue weighted by Crippen LogP contribution is -2.38. The van der Waals surface area contributed by atoms with E-state index >= 15 is 0 Å². The van der Waals surface area contributed by atoms with E-state index in [0.717, 1.165) is 88.4 Å². The van der Waals surface area contributed by atoms with Gasteiger partial charge in [0.25, 0.3) is 0 Å². The van der Waals surface area contributed by atoms with Crippen molar-refractivity contribution < 1.29 is 9.59 Å². The first-order valence-corrected chi connectivity index (χ1v) is 15.2. The van der Waals surface area contributed by atoms with Gasteiger partial charge in [0.2, 0.25) is 17.8 Å². The molecule has 0 spiro atoms. The minimum atomic E-state index is 0.226. The molecule has 11 heteroatoms. The van der Waals surface area contributed by atoms with Crippen LogP contribution in [0, 0.1) is 0 Å². The molecule has 218 valence electrons. The lowest BCUT2D eigenvalue weighted by Gasteiger charge is -2.32. The van der Waals surface area contributed by atoms with Crippen molar-refractivity contribution in [2.45, 2.75) is 64.1 Å². The Bertz CT molecular complexity index is 1340. The number of carbonyl (C=O) groups is 2. The zero-order valence-corrected chi connectivity index (χ0v) is 23.8. The van der Waals surface area contributed by atoms with Gasteiger partial charge in [0.05, 0.1) is 6.33 Å². The van der Waals surface area contributed by atoms with Crippen molar-refractivity contribution in [2.75, 3.05) is 56.4 Å². The van der Waals surface area contributed by atoms with Crippen molar-refractivity contribution in [1.82, 2.24) is 34.2 Å². The van der Waals surface area contributed by atoms with Crippen LogP contribution in [0.2, 0.25) is 0 Å². The average Bonchev–Trinajstić information content (AvgIpc) is 3.71. The van der Waals surface area contributed by atoms with E-state index in [-0.39, 0.29) is 11.8 Å². The van der Waals surface area contributed by atoms with Crippen molar-refractivity contribution >= 4 is 34.7 Å². The van der Waals surface area contributed by atoms with Gasteiger partial charge in [0.1, 0.15) is 0 Å². The van der Waals surface area contributed by atoms with Gasteiger partial charge in [-0.25, -0.2) is 4.98 Å². The van der Waals surface area contributed by atoms with Gasteiger partial charge in [0.15, 0.2) is 17.0 Å². The van der Waals surface area contributed by atoms with E-state index in [0.29, 0.717) is 44.5 Å². The second kappa shape index (κ2) is 12.8. The Morgan fingerprint density at radius 2 is 1.59 bits per heavy atom. The van der Waals surface area contributed by atoms with Crippen LogP contribution in [-0.4, -0.2) is 97.9 Å². The summed E-state index contributed by atoms with van der Waals surface area (Å²) in [6.07, 6.45) is 7.91. The summed E-state index contributed by atoms with van der Waals surface area (Å²) in [5.41, 5.74) is 2.88. The Labute approximate surface area is 241 Å². The summed E-state index contributed by atoms with van der Waals surface area (Å²) >= 11 is 0. The van der Waals surface area contributed by atoms with Crippen molar-refractivity contribution in [3.63, 3.8) is 0 Å². The molecule has 0 atom stereocenters. The molecule has 3 aliphatic heterocycles. The summed E-state index contributed by atoms with van der Waals surface area (Å²) in [4.78, 5) is 44.9. The van der Waals surface area contributed by atoms with Gasteiger partial charge in [-0.3, -0.25) is 14.5 Å². The summed E-state index contributed by atoms with van der Waals surface area (Å²) in [5.74, 6) is 1.80. The molecular weight excluding hydrogens is 518 g/mol. The number of hydrogen-bond acceptors (Lipinski definition) is 8. The maximum Gasteiger partial charge on any atom is 0.226 e. The second-order valence-corrected chi connectivity index (χ2v) is 11.4. The predicted octanol–water partition coefficient (Wildman–Crippen LogP) is 2.95. The smallest absolute Gasteiger partial charge is 0.226 e. The molecule has 2 aromatic heterocycles. The lowest BCUT2D eigenvalue weighted by atomic mass is 10.0. The monoisotopic (exact) mass is 559 g/mol. The zero-order valence-electron chi connectivity index (χ0n) is 23.8. The normalized spacial score (nSPS) is 18.6. The lowest BCUT2D eigenvalue weighted by molar-refractivity contribution is -0.128. The first kappa shape index (κ1) is 27.4. The summed E-state index contributed by atoms with van der Waals surface area (Å²) in [6.45, 7) is 7.45. The summed E-state index contributed by atoms with van der Waals surface area (Å²) in [6, 6.07) is 11.0. The molecule has 1 aromatic carbocycles. The Hall–Kier alpha value is -3.73. The molecule has 3 aromatic rings. The number of aromatic nitrogens is 4. The minimum absolute atomic E-state index is 0.226. The van der Waals surface area contributed by atoms with Crippen LogP contribution < -0.4 is 10.6 Å². The Morgan fingerprint density at radius 3 is 2.29 bits per heavy atom. The van der Waals surface area contributed by atoms with E-state index < -0.39 is 0 Å². The van der Waals surface area contributed by atoms with Crippen molar-refractivity contribution in [3.05, 3.63) is 42.2 Å². The molecule has 2 amide bonds. The third kappa shape index (κ3) is 6.78. The Balaban J connectivity index is 1.12. The number of hydrogen-bond donors (Lipinski definition) is 2. The van der Waals surface area contributed by atoms with Crippen LogP contribution in [0.15, 0.2) is 36.7 Å². The van der Waals surface area contributed by atoms with E-state index in [1.54, 1.807) is 0 Å². The van der Waals surface area contributed by atoms with Gasteiger partial charge in [0, 0.05) is 77.8 Å². The second-order valence-electron chi connectivity index (χ2n) is 11.4. The van der Waals surface area contributed by atoms with Gasteiger partial charge in [-0.15, -0.1) is 0 Å². The molecule has 41 heavy (non-hydrogen) atoms. The van der Waals surface area contributed by atoms with Crippen LogP contribution in [0.5, 0.6) is 0 Å². The van der Waals surface area contributed by atoms with E-state index in [2.05, 4.69) is 45.9 Å². The molecule has 6 rings (SSSR count). The zero-order chi connectivity index (χ0) is 28.0. The number of carbonyl (C=O) groups excluding carboxylic acids is 2. The summed E-state index contributed by atoms with van der Waals surface area (Å²) < 4.78 is 2.03. The number of likely N-dealkylation sites (tertiary alicyclic amines) is 3. The van der Waals surface area contributed by atoms with Gasteiger partial charge in [-0.2, -0.15) is 9.97 Å². The van der Waals surface area contributed by atoms with E-state index in [9.17, 15) is 9.59 Å². The summed E-state index contributed by atoms with van der Waals surface area (Å²) in [7, 11) is 0. The molecule has 3 fully saturated rings. The molecular formula is C30H41N9O2. The fraction of sp³-hybridized carbons (Fsp3) is 0.567. The third-order valence-corrected chi connectivity index (χ3v) is 8.48. The van der Waals surface area contributed by atoms with Crippen molar-refractivity contribution in [3.8, 4) is 0 Å². The predicted molar refractivity (Wildman–Crippen MR) is 158 cm³/mol. The molecule has 3 aliphatic rings. The van der Waals surface area contributed by atoms with Gasteiger partial charge < -0.3 is 25.0 Å². The van der Waals surface area contributed by atoms with Gasteiger partial charge >= 0.3 is 0 Å². The maximum atomic E-state index is 12.1. The van der Waals surface area contributed by atoms with Crippen LogP contribution in [0.25, 0.3) is 11.2 Å². The number of amides is 2. The molecule has 0 radical (unpaired) electrons. The van der Waals surface area contributed by atoms with Crippen LogP contribution in [-0.2, 0) is 22.7 Å². The highest BCUT2D eigenvalue weighted by molar-refractivity contribution is 5.84. The van der Waals surface area contributed by atoms with Crippen LogP contribution >= 0.6 is 0 Å². The standard InChI is InChI=1S/C30H41N9O2/c40-25-9-4-14-37(25)16-6-13-31-30-34-28(33-24-11-17-36(18-12-24)21-23-7-2-1-3-8-23)27-29(35-30)39(22-32-27)20-19-38-15-5-10-26(38)41/h1-3,7-8,22,24H,4-6,9-21H2,(H2,31,33,34,35). The van der Waals surface area contributed by atoms with Crippen molar-refractivity contribution in [1.29, 1.82) is 0 Å². The Morgan fingerprint density at radius 1 is 0.854 bits per heavy atom. The fourth-order valence-corrected chi connectivity index (χ4v) is 6.14. The molecule has 3 saturated heterocycles. The van der Waals surface area contributed by atoms with E-state index in [1.165, 1.54) is 5.56 Å². The Kier molecular flexibility index (Phi) is 8.60. The fourth-order valence-electron chi connectivity index (χ4n) is 6.14. The SMILES string of the molecule is O=C1CCCN1CCCNc1nc(NC2CCN(Cc3ccccc3)CC2)c2ncn(CCN3CCCC3=O)c2n1. The first-order valence-electron chi connectivity index (χ1n) is 15.2. The van der Waals surface area contributed by atoms with Crippen LogP contribution in [0.3, 0.4) is 0 Å². The van der Waals surface area contributed by atoms with Crippen molar-refractivity contribution in [2.24, 2.45) is 0 Å².